The van der Waals surface area contributed by atoms with Crippen molar-refractivity contribution in [3.8, 4) is 0 Å². The minimum Gasteiger partial charge on any atom is -0.365 e. The maximum absolute atomic E-state index is 13.2. The molecule has 2 amide bonds. The number of carbonyl (C=O) groups excluding carboxylic acids is 2. The standard InChI is InChI=1S/C27H35N5O3/c1-19-7-9-21(10-8-19)24-17-32-23(18-35-24)25(29-30-32)27(34)31-15-12-22(13-16-31)26(33)28-14-11-20-5-3-2-4-6-20/h5,7-10,22,24H,2-4,6,11-18H2,1H3,(H,28,33)/t24-/m0/s1. The molecular formula is C27H35N5O3. The van der Waals surface area contributed by atoms with E-state index in [4.69, 9.17) is 4.74 Å². The molecule has 0 saturated carbocycles. The van der Waals surface area contributed by atoms with Crippen molar-refractivity contribution < 1.29 is 14.3 Å². The molecule has 3 aliphatic rings. The molecule has 35 heavy (non-hydrogen) atoms. The highest BCUT2D eigenvalue weighted by molar-refractivity contribution is 5.93. The number of hydrogen-bond donors (Lipinski definition) is 1. The number of aryl methyl sites for hydroxylation is 1. The Labute approximate surface area is 206 Å². The summed E-state index contributed by atoms with van der Waals surface area (Å²) in [6.07, 6.45) is 9.42. The molecule has 5 rings (SSSR count). The van der Waals surface area contributed by atoms with Gasteiger partial charge in [0.25, 0.3) is 5.91 Å². The van der Waals surface area contributed by atoms with Gasteiger partial charge in [0.15, 0.2) is 5.69 Å². The lowest BCUT2D eigenvalue weighted by Crippen LogP contribution is -2.43. The molecule has 0 bridgehead atoms. The number of piperidine rings is 1. The third-order valence-corrected chi connectivity index (χ3v) is 7.53. The van der Waals surface area contributed by atoms with Gasteiger partial charge in [-0.15, -0.1) is 5.10 Å². The fourth-order valence-corrected chi connectivity index (χ4v) is 5.28. The first-order valence-corrected chi connectivity index (χ1v) is 12.9. The van der Waals surface area contributed by atoms with Crippen molar-refractivity contribution in [3.05, 3.63) is 58.4 Å². The SMILES string of the molecule is Cc1ccc([C@@H]2Cn3nnc(C(=O)N4CCC(C(=O)NCCC5=CCCCC5)CC4)c3CO2)cc1. The number of rotatable bonds is 6. The van der Waals surface area contributed by atoms with E-state index in [0.717, 1.165) is 17.7 Å². The average Bonchev–Trinajstić information content (AvgIpc) is 3.33. The van der Waals surface area contributed by atoms with Gasteiger partial charge in [-0.2, -0.15) is 0 Å². The zero-order valence-corrected chi connectivity index (χ0v) is 20.5. The van der Waals surface area contributed by atoms with Gasteiger partial charge in [-0.3, -0.25) is 9.59 Å². The lowest BCUT2D eigenvalue weighted by atomic mass is 9.95. The third kappa shape index (κ3) is 5.48. The van der Waals surface area contributed by atoms with Gasteiger partial charge in [-0.1, -0.05) is 46.7 Å². The van der Waals surface area contributed by atoms with Gasteiger partial charge in [0.2, 0.25) is 5.91 Å². The van der Waals surface area contributed by atoms with Crippen LogP contribution in [0.15, 0.2) is 35.9 Å². The van der Waals surface area contributed by atoms with E-state index in [9.17, 15) is 9.59 Å². The zero-order valence-electron chi connectivity index (χ0n) is 20.5. The van der Waals surface area contributed by atoms with Crippen molar-refractivity contribution in [1.82, 2.24) is 25.2 Å². The maximum atomic E-state index is 13.2. The minimum atomic E-state index is -0.119. The molecule has 1 aromatic heterocycles. The summed E-state index contributed by atoms with van der Waals surface area (Å²) in [5, 5.41) is 11.6. The fourth-order valence-electron chi connectivity index (χ4n) is 5.28. The molecule has 2 aromatic rings. The van der Waals surface area contributed by atoms with Crippen LogP contribution >= 0.6 is 0 Å². The van der Waals surface area contributed by atoms with Gasteiger partial charge in [0, 0.05) is 25.6 Å². The topological polar surface area (TPSA) is 89.4 Å². The Morgan fingerprint density at radius 3 is 2.69 bits per heavy atom. The van der Waals surface area contributed by atoms with Crippen LogP contribution < -0.4 is 5.32 Å². The number of benzene rings is 1. The number of carbonyl (C=O) groups is 2. The Balaban J connectivity index is 1.12. The van der Waals surface area contributed by atoms with Crippen LogP contribution in [0.1, 0.15) is 78.4 Å². The van der Waals surface area contributed by atoms with Crippen LogP contribution in [0.5, 0.6) is 0 Å². The van der Waals surface area contributed by atoms with Gasteiger partial charge < -0.3 is 15.0 Å². The number of aromatic nitrogens is 3. The number of nitrogens with zero attached hydrogens (tertiary/aromatic N) is 4. The maximum Gasteiger partial charge on any atom is 0.276 e. The van der Waals surface area contributed by atoms with E-state index in [2.05, 4.69) is 52.9 Å². The highest BCUT2D eigenvalue weighted by Gasteiger charge is 2.33. The molecular weight excluding hydrogens is 442 g/mol. The van der Waals surface area contributed by atoms with E-state index < -0.39 is 0 Å². The summed E-state index contributed by atoms with van der Waals surface area (Å²) < 4.78 is 7.86. The Hall–Kier alpha value is -3.00. The molecule has 0 spiro atoms. The molecule has 1 N–H and O–H groups in total. The molecule has 186 valence electrons. The Morgan fingerprint density at radius 1 is 1.14 bits per heavy atom. The molecule has 2 aliphatic heterocycles. The molecule has 8 nitrogen and oxygen atoms in total. The van der Waals surface area contributed by atoms with Crippen molar-refractivity contribution in [2.45, 2.75) is 71.1 Å². The van der Waals surface area contributed by atoms with E-state index in [0.29, 0.717) is 51.3 Å². The highest BCUT2D eigenvalue weighted by atomic mass is 16.5. The summed E-state index contributed by atoms with van der Waals surface area (Å²) in [5.41, 5.74) is 4.88. The van der Waals surface area contributed by atoms with Crippen LogP contribution in [0.3, 0.4) is 0 Å². The van der Waals surface area contributed by atoms with Gasteiger partial charge in [-0.25, -0.2) is 4.68 Å². The summed E-state index contributed by atoms with van der Waals surface area (Å²) >= 11 is 0. The van der Waals surface area contributed by atoms with Crippen molar-refractivity contribution in [2.24, 2.45) is 5.92 Å². The van der Waals surface area contributed by atoms with Crippen LogP contribution in [0.2, 0.25) is 0 Å². The predicted octanol–water partition coefficient (Wildman–Crippen LogP) is 3.72. The van der Waals surface area contributed by atoms with Crippen molar-refractivity contribution in [1.29, 1.82) is 0 Å². The van der Waals surface area contributed by atoms with Gasteiger partial charge in [0.1, 0.15) is 6.10 Å². The number of likely N-dealkylation sites (tertiary alicyclic amines) is 1. The van der Waals surface area contributed by atoms with E-state index in [1.807, 2.05) is 0 Å². The monoisotopic (exact) mass is 477 g/mol. The van der Waals surface area contributed by atoms with Crippen molar-refractivity contribution in [3.63, 3.8) is 0 Å². The highest BCUT2D eigenvalue weighted by Crippen LogP contribution is 2.28. The lowest BCUT2D eigenvalue weighted by molar-refractivity contribution is -0.126. The minimum absolute atomic E-state index is 0.0352. The molecule has 8 heteroatoms. The third-order valence-electron chi connectivity index (χ3n) is 7.53. The van der Waals surface area contributed by atoms with Gasteiger partial charge in [-0.05, 0) is 57.4 Å². The van der Waals surface area contributed by atoms with Gasteiger partial charge in [0.05, 0.1) is 18.8 Å². The van der Waals surface area contributed by atoms with E-state index >= 15 is 0 Å². The Kier molecular flexibility index (Phi) is 7.27. The van der Waals surface area contributed by atoms with Crippen LogP contribution in [-0.2, 0) is 22.7 Å². The van der Waals surface area contributed by atoms with Crippen LogP contribution in [0, 0.1) is 12.8 Å². The summed E-state index contributed by atoms with van der Waals surface area (Å²) in [6, 6.07) is 8.29. The smallest absolute Gasteiger partial charge is 0.276 e. The molecule has 1 aromatic carbocycles. The van der Waals surface area contributed by atoms with Gasteiger partial charge >= 0.3 is 0 Å². The number of hydrogen-bond acceptors (Lipinski definition) is 5. The molecule has 0 unspecified atom stereocenters. The molecule has 3 heterocycles. The second-order valence-corrected chi connectivity index (χ2v) is 9.99. The molecule has 0 radical (unpaired) electrons. The van der Waals surface area contributed by atoms with Crippen LogP contribution in [0.25, 0.3) is 0 Å². The zero-order chi connectivity index (χ0) is 24.2. The molecule has 1 atom stereocenters. The molecule has 1 saturated heterocycles. The first-order chi connectivity index (χ1) is 17.1. The van der Waals surface area contributed by atoms with Crippen molar-refractivity contribution in [2.75, 3.05) is 19.6 Å². The Bertz CT molecular complexity index is 1080. The summed E-state index contributed by atoms with van der Waals surface area (Å²) in [6.45, 7) is 4.73. The fraction of sp³-hybridized carbons (Fsp3) is 0.556. The average molecular weight is 478 g/mol. The van der Waals surface area contributed by atoms with Crippen LogP contribution in [-0.4, -0.2) is 51.3 Å². The van der Waals surface area contributed by atoms with Crippen LogP contribution in [0.4, 0.5) is 0 Å². The molecule has 1 fully saturated rings. The number of amides is 2. The predicted molar refractivity (Wildman–Crippen MR) is 132 cm³/mol. The van der Waals surface area contributed by atoms with E-state index in [1.54, 1.807) is 9.58 Å². The first-order valence-electron chi connectivity index (χ1n) is 12.9. The quantitative estimate of drug-likeness (QED) is 0.641. The second kappa shape index (κ2) is 10.7. The van der Waals surface area contributed by atoms with E-state index in [1.165, 1.54) is 36.8 Å². The summed E-state index contributed by atoms with van der Waals surface area (Å²) in [4.78, 5) is 27.6. The number of fused-ring (bicyclic) bond motifs is 1. The first kappa shape index (κ1) is 23.7. The largest absolute Gasteiger partial charge is 0.365 e. The number of nitrogens with one attached hydrogen (secondary N) is 1. The van der Waals surface area contributed by atoms with E-state index in [-0.39, 0.29) is 23.8 Å². The normalized spacial score (nSPS) is 20.8. The lowest BCUT2D eigenvalue weighted by Gasteiger charge is -2.31. The number of allylic oxidation sites excluding steroid dienone is 1. The van der Waals surface area contributed by atoms with Crippen molar-refractivity contribution >= 4 is 11.8 Å². The summed E-state index contributed by atoms with van der Waals surface area (Å²) in [7, 11) is 0. The second-order valence-electron chi connectivity index (χ2n) is 9.99. The number of ether oxygens (including phenoxy) is 1. The Morgan fingerprint density at radius 2 is 1.94 bits per heavy atom. The summed E-state index contributed by atoms with van der Waals surface area (Å²) in [5.74, 6) is -0.0381. The molecule has 1 aliphatic carbocycles.